The average molecular weight is 473 g/mol. The number of methoxy groups -OCH3 is 1. The van der Waals surface area contributed by atoms with Crippen LogP contribution in [0.15, 0.2) is 4.99 Å². The molecule has 0 aromatic heterocycles. The first kappa shape index (κ1) is 24.3. The smallest absolute Gasteiger partial charge is 0.193 e. The predicted molar refractivity (Wildman–Crippen MR) is 116 cm³/mol. The Balaban J connectivity index is 0.00000529. The summed E-state index contributed by atoms with van der Waals surface area (Å²) < 4.78 is 11.0. The number of thioether (sulfide) groups is 1. The van der Waals surface area contributed by atoms with Gasteiger partial charge in [-0.05, 0) is 51.0 Å². The van der Waals surface area contributed by atoms with Crippen molar-refractivity contribution in [1.82, 2.24) is 10.2 Å². The summed E-state index contributed by atoms with van der Waals surface area (Å²) >= 11 is 1.91. The van der Waals surface area contributed by atoms with Gasteiger partial charge in [0.2, 0.25) is 0 Å². The van der Waals surface area contributed by atoms with Gasteiger partial charge in [-0.1, -0.05) is 0 Å². The fourth-order valence-electron chi connectivity index (χ4n) is 2.66. The van der Waals surface area contributed by atoms with Crippen LogP contribution in [0.4, 0.5) is 0 Å². The molecular weight excluding hydrogens is 437 g/mol. The van der Waals surface area contributed by atoms with E-state index in [9.17, 15) is 0 Å². The van der Waals surface area contributed by atoms with Gasteiger partial charge in [0, 0.05) is 46.5 Å². The molecule has 1 saturated heterocycles. The molecule has 1 N–H and O–H groups in total. The molecule has 0 aromatic carbocycles. The zero-order valence-electron chi connectivity index (χ0n) is 15.6. The first-order valence-corrected chi connectivity index (χ1v) is 10.3. The minimum atomic E-state index is 0. The largest absolute Gasteiger partial charge is 0.385 e. The lowest BCUT2D eigenvalue weighted by Gasteiger charge is -2.34. The van der Waals surface area contributed by atoms with E-state index < -0.39 is 0 Å². The van der Waals surface area contributed by atoms with Crippen LogP contribution in [0.5, 0.6) is 0 Å². The number of guanidine groups is 1. The highest BCUT2D eigenvalue weighted by molar-refractivity contribution is 14.0. The van der Waals surface area contributed by atoms with E-state index in [1.54, 1.807) is 7.11 Å². The van der Waals surface area contributed by atoms with E-state index in [1.807, 2.05) is 11.8 Å². The van der Waals surface area contributed by atoms with Gasteiger partial charge in [0.15, 0.2) is 5.96 Å². The Labute approximate surface area is 169 Å². The second kappa shape index (κ2) is 16.7. The fourth-order valence-corrected chi connectivity index (χ4v) is 3.15. The van der Waals surface area contributed by atoms with Crippen LogP contribution in [0.1, 0.15) is 39.0 Å². The molecule has 7 heteroatoms. The van der Waals surface area contributed by atoms with Gasteiger partial charge in [-0.15, -0.1) is 24.0 Å². The normalized spacial score (nSPS) is 16.1. The third-order valence-electron chi connectivity index (χ3n) is 3.94. The molecule has 1 fully saturated rings. The Morgan fingerprint density at radius 3 is 2.58 bits per heavy atom. The van der Waals surface area contributed by atoms with Crippen LogP contribution >= 0.6 is 35.7 Å². The number of rotatable bonds is 11. The van der Waals surface area contributed by atoms with Crippen LogP contribution in [0.25, 0.3) is 0 Å². The van der Waals surface area contributed by atoms with Crippen molar-refractivity contribution in [2.24, 2.45) is 4.99 Å². The van der Waals surface area contributed by atoms with Crippen molar-refractivity contribution in [2.45, 2.75) is 45.1 Å². The topological polar surface area (TPSA) is 46.1 Å². The lowest BCUT2D eigenvalue weighted by Crippen LogP contribution is -2.47. The van der Waals surface area contributed by atoms with Gasteiger partial charge in [-0.2, -0.15) is 11.8 Å². The maximum atomic E-state index is 5.93. The molecule has 1 aliphatic rings. The molecule has 0 amide bonds. The summed E-state index contributed by atoms with van der Waals surface area (Å²) in [6.45, 7) is 7.65. The third kappa shape index (κ3) is 11.0. The van der Waals surface area contributed by atoms with E-state index in [2.05, 4.69) is 23.4 Å². The number of aliphatic imine (C=N–C) groups is 1. The number of unbranched alkanes of at least 4 members (excludes halogenated alkanes) is 1. The minimum absolute atomic E-state index is 0. The van der Waals surface area contributed by atoms with E-state index in [-0.39, 0.29) is 24.0 Å². The second-order valence-electron chi connectivity index (χ2n) is 5.84. The molecule has 5 nitrogen and oxygen atoms in total. The molecule has 24 heavy (non-hydrogen) atoms. The summed E-state index contributed by atoms with van der Waals surface area (Å²) in [6, 6.07) is 0. The van der Waals surface area contributed by atoms with E-state index in [4.69, 9.17) is 14.5 Å². The summed E-state index contributed by atoms with van der Waals surface area (Å²) in [5, 5.41) is 3.43. The highest BCUT2D eigenvalue weighted by Gasteiger charge is 2.21. The van der Waals surface area contributed by atoms with Crippen LogP contribution in [0, 0.1) is 0 Å². The molecule has 0 atom stereocenters. The maximum Gasteiger partial charge on any atom is 0.193 e. The highest BCUT2D eigenvalue weighted by atomic mass is 127. The number of nitrogens with one attached hydrogen (secondary N) is 1. The van der Waals surface area contributed by atoms with E-state index in [0.29, 0.717) is 6.10 Å². The molecule has 0 aliphatic carbocycles. The minimum Gasteiger partial charge on any atom is -0.385 e. The summed E-state index contributed by atoms with van der Waals surface area (Å²) in [5.41, 5.74) is 0. The molecule has 1 rings (SSSR count). The van der Waals surface area contributed by atoms with Gasteiger partial charge in [0.1, 0.15) is 0 Å². The summed E-state index contributed by atoms with van der Waals surface area (Å²) in [5.74, 6) is 2.31. The Morgan fingerprint density at radius 2 is 1.96 bits per heavy atom. The molecule has 0 spiro atoms. The molecule has 1 aliphatic heterocycles. The molecule has 0 radical (unpaired) electrons. The van der Waals surface area contributed by atoms with Crippen molar-refractivity contribution in [2.75, 3.05) is 58.5 Å². The Kier molecular flexibility index (Phi) is 16.9. The molecule has 0 bridgehead atoms. The Hall–Kier alpha value is 0.270. The number of ether oxygens (including phenoxy) is 2. The number of hydrogen-bond donors (Lipinski definition) is 1. The third-order valence-corrected chi connectivity index (χ3v) is 4.64. The van der Waals surface area contributed by atoms with Gasteiger partial charge in [0.05, 0.1) is 6.10 Å². The number of nitrogens with zero attached hydrogens (tertiary/aromatic N) is 2. The second-order valence-corrected chi connectivity index (χ2v) is 6.82. The summed E-state index contributed by atoms with van der Waals surface area (Å²) in [4.78, 5) is 7.17. The van der Waals surface area contributed by atoms with Crippen molar-refractivity contribution in [3.8, 4) is 0 Å². The molecule has 0 saturated carbocycles. The molecular formula is C17H36IN3O2S. The van der Waals surface area contributed by atoms with Crippen molar-refractivity contribution in [1.29, 1.82) is 0 Å². The Morgan fingerprint density at radius 1 is 1.21 bits per heavy atom. The summed E-state index contributed by atoms with van der Waals surface area (Å²) in [6.07, 6.45) is 8.14. The van der Waals surface area contributed by atoms with Crippen molar-refractivity contribution < 1.29 is 9.47 Å². The standard InChI is InChI=1S/C17H35N3O2S.HI/c1-4-18-17(19-10-5-6-15-23-3)20-11-8-16(9-12-20)22-14-7-13-21-2;/h16H,4-15H2,1-3H3,(H,18,19);1H. The van der Waals surface area contributed by atoms with Gasteiger partial charge in [0.25, 0.3) is 0 Å². The Bertz CT molecular complexity index is 314. The molecule has 144 valence electrons. The van der Waals surface area contributed by atoms with E-state index in [0.717, 1.165) is 64.6 Å². The molecule has 0 aromatic rings. The first-order chi connectivity index (χ1) is 11.3. The zero-order chi connectivity index (χ0) is 16.8. The maximum absolute atomic E-state index is 5.93. The lowest BCUT2D eigenvalue weighted by atomic mass is 10.1. The van der Waals surface area contributed by atoms with Gasteiger partial charge in [-0.3, -0.25) is 4.99 Å². The van der Waals surface area contributed by atoms with Crippen LogP contribution in [-0.2, 0) is 9.47 Å². The van der Waals surface area contributed by atoms with Crippen LogP contribution in [0.2, 0.25) is 0 Å². The lowest BCUT2D eigenvalue weighted by molar-refractivity contribution is 0.00990. The van der Waals surface area contributed by atoms with Gasteiger partial charge in [-0.25, -0.2) is 0 Å². The van der Waals surface area contributed by atoms with Crippen molar-refractivity contribution in [3.63, 3.8) is 0 Å². The first-order valence-electron chi connectivity index (χ1n) is 8.94. The number of hydrogen-bond acceptors (Lipinski definition) is 4. The highest BCUT2D eigenvalue weighted by Crippen LogP contribution is 2.14. The van der Waals surface area contributed by atoms with Gasteiger partial charge >= 0.3 is 0 Å². The van der Waals surface area contributed by atoms with Gasteiger partial charge < -0.3 is 19.7 Å². The predicted octanol–water partition coefficient (Wildman–Crippen LogP) is 3.23. The van der Waals surface area contributed by atoms with Crippen LogP contribution in [0.3, 0.4) is 0 Å². The average Bonchev–Trinajstić information content (AvgIpc) is 2.58. The van der Waals surface area contributed by atoms with Crippen LogP contribution < -0.4 is 5.32 Å². The fraction of sp³-hybridized carbons (Fsp3) is 0.941. The van der Waals surface area contributed by atoms with Crippen LogP contribution in [-0.4, -0.2) is 75.5 Å². The SMILES string of the molecule is CCNC(=NCCCCSC)N1CCC(OCCCOC)CC1.I. The van der Waals surface area contributed by atoms with E-state index in [1.165, 1.54) is 18.6 Å². The molecule has 1 heterocycles. The van der Waals surface area contributed by atoms with Crippen molar-refractivity contribution in [3.05, 3.63) is 0 Å². The number of piperidine rings is 1. The number of likely N-dealkylation sites (tertiary alicyclic amines) is 1. The monoisotopic (exact) mass is 473 g/mol. The molecule has 0 unspecified atom stereocenters. The quantitative estimate of drug-likeness (QED) is 0.216. The van der Waals surface area contributed by atoms with E-state index >= 15 is 0 Å². The number of halogens is 1. The summed E-state index contributed by atoms with van der Waals surface area (Å²) in [7, 11) is 1.74. The zero-order valence-corrected chi connectivity index (χ0v) is 18.7. The van der Waals surface area contributed by atoms with Crippen molar-refractivity contribution >= 4 is 41.7 Å².